The van der Waals surface area contributed by atoms with Crippen molar-refractivity contribution in [3.05, 3.63) is 18.2 Å². The maximum Gasteiger partial charge on any atom is 0.228 e. The maximum absolute atomic E-state index is 6.24. The number of anilines is 2. The first-order chi connectivity index (χ1) is 13.0. The van der Waals surface area contributed by atoms with E-state index in [4.69, 9.17) is 24.9 Å². The molecule has 0 aliphatic carbocycles. The molecule has 2 heterocycles. The van der Waals surface area contributed by atoms with Gasteiger partial charge in [0.15, 0.2) is 11.5 Å². The van der Waals surface area contributed by atoms with E-state index in [1.54, 1.807) is 27.4 Å². The van der Waals surface area contributed by atoms with Crippen molar-refractivity contribution >= 4 is 22.7 Å². The summed E-state index contributed by atoms with van der Waals surface area (Å²) in [6.07, 6.45) is 0. The number of piperazine rings is 1. The zero-order valence-corrected chi connectivity index (χ0v) is 16.4. The van der Waals surface area contributed by atoms with Crippen molar-refractivity contribution in [3.63, 3.8) is 0 Å². The fraction of sp³-hybridized carbons (Fsp3) is 0.474. The number of hydrogen-bond donors (Lipinski definition) is 1. The van der Waals surface area contributed by atoms with Gasteiger partial charge in [-0.3, -0.25) is 4.90 Å². The topological polar surface area (TPSA) is 86.0 Å². The number of ether oxygens (including phenoxy) is 3. The van der Waals surface area contributed by atoms with E-state index in [-0.39, 0.29) is 0 Å². The molecule has 0 atom stereocenters. The van der Waals surface area contributed by atoms with Gasteiger partial charge in [-0.2, -0.15) is 4.98 Å². The van der Waals surface area contributed by atoms with E-state index in [0.717, 1.165) is 32.7 Å². The van der Waals surface area contributed by atoms with E-state index in [1.165, 1.54) is 5.57 Å². The Hall–Kier alpha value is -2.74. The minimum Gasteiger partial charge on any atom is -0.493 e. The molecule has 8 heteroatoms. The van der Waals surface area contributed by atoms with Crippen LogP contribution in [0.4, 0.5) is 11.8 Å². The zero-order chi connectivity index (χ0) is 19.6. The van der Waals surface area contributed by atoms with E-state index in [1.807, 2.05) is 6.92 Å². The number of nitrogen functional groups attached to an aromatic ring is 1. The molecule has 1 aromatic carbocycles. The van der Waals surface area contributed by atoms with Gasteiger partial charge in [0.05, 0.1) is 26.7 Å². The van der Waals surface area contributed by atoms with Crippen molar-refractivity contribution in [2.24, 2.45) is 0 Å². The molecule has 1 fully saturated rings. The standard InChI is InChI=1S/C19H27N5O3/c1-12(2)11-23-6-8-24(9-7-23)19-21-15-13(18(20)22-19)10-14(25-3)16(26-4)17(15)27-5/h10H,1,6-9,11H2,2-5H3,(H2,20,21,22). The number of nitrogens with two attached hydrogens (primary N) is 1. The Kier molecular flexibility index (Phi) is 5.55. The molecule has 0 bridgehead atoms. The molecule has 3 rings (SSSR count). The van der Waals surface area contributed by atoms with Crippen LogP contribution in [0.1, 0.15) is 6.92 Å². The molecule has 8 nitrogen and oxygen atoms in total. The molecule has 2 N–H and O–H groups in total. The Bertz CT molecular complexity index is 847. The summed E-state index contributed by atoms with van der Waals surface area (Å²) in [5.74, 6) is 2.49. The van der Waals surface area contributed by atoms with E-state index < -0.39 is 0 Å². The summed E-state index contributed by atoms with van der Waals surface area (Å²) in [7, 11) is 4.71. The number of nitrogens with zero attached hydrogens (tertiary/aromatic N) is 4. The lowest BCUT2D eigenvalue weighted by molar-refractivity contribution is 0.277. The van der Waals surface area contributed by atoms with Crippen LogP contribution in [0.2, 0.25) is 0 Å². The van der Waals surface area contributed by atoms with E-state index in [9.17, 15) is 0 Å². The summed E-state index contributed by atoms with van der Waals surface area (Å²) >= 11 is 0. The van der Waals surface area contributed by atoms with Crippen molar-refractivity contribution in [1.82, 2.24) is 14.9 Å². The average molecular weight is 373 g/mol. The van der Waals surface area contributed by atoms with Crippen LogP contribution in [-0.4, -0.2) is 68.9 Å². The quantitative estimate of drug-likeness (QED) is 0.769. The third-order valence-electron chi connectivity index (χ3n) is 4.66. The summed E-state index contributed by atoms with van der Waals surface area (Å²) in [6.45, 7) is 10.5. The number of benzene rings is 1. The van der Waals surface area contributed by atoms with Crippen LogP contribution in [0.15, 0.2) is 18.2 Å². The Balaban J connectivity index is 1.98. The molecule has 1 aliphatic rings. The summed E-state index contributed by atoms with van der Waals surface area (Å²) < 4.78 is 16.4. The molecular weight excluding hydrogens is 346 g/mol. The number of methoxy groups -OCH3 is 3. The number of hydrogen-bond acceptors (Lipinski definition) is 8. The molecule has 146 valence electrons. The largest absolute Gasteiger partial charge is 0.493 e. The fourth-order valence-corrected chi connectivity index (χ4v) is 3.37. The minimum atomic E-state index is 0.388. The second-order valence-electron chi connectivity index (χ2n) is 6.67. The highest BCUT2D eigenvalue weighted by Gasteiger charge is 2.23. The molecule has 1 saturated heterocycles. The van der Waals surface area contributed by atoms with Gasteiger partial charge in [-0.05, 0) is 13.0 Å². The SMILES string of the molecule is C=C(C)CN1CCN(c2nc(N)c3cc(OC)c(OC)c(OC)c3n2)CC1. The molecule has 1 aliphatic heterocycles. The van der Waals surface area contributed by atoms with Crippen molar-refractivity contribution in [2.45, 2.75) is 6.92 Å². The average Bonchev–Trinajstić information content (AvgIpc) is 2.66. The van der Waals surface area contributed by atoms with Crippen LogP contribution < -0.4 is 24.8 Å². The Labute approximate surface area is 159 Å². The molecule has 0 saturated carbocycles. The Morgan fingerprint density at radius 3 is 2.30 bits per heavy atom. The lowest BCUT2D eigenvalue weighted by atomic mass is 10.2. The van der Waals surface area contributed by atoms with Crippen LogP contribution in [0.5, 0.6) is 17.2 Å². The molecule has 0 unspecified atom stereocenters. The van der Waals surface area contributed by atoms with Crippen molar-refractivity contribution in [2.75, 3.05) is 64.7 Å². The normalized spacial score (nSPS) is 15.0. The van der Waals surface area contributed by atoms with Gasteiger partial charge in [-0.15, -0.1) is 0 Å². The van der Waals surface area contributed by atoms with Gasteiger partial charge in [-0.1, -0.05) is 12.2 Å². The highest BCUT2D eigenvalue weighted by molar-refractivity contribution is 5.97. The highest BCUT2D eigenvalue weighted by Crippen LogP contribution is 2.44. The molecular formula is C19H27N5O3. The first-order valence-electron chi connectivity index (χ1n) is 8.86. The van der Waals surface area contributed by atoms with Gasteiger partial charge in [0.25, 0.3) is 0 Å². The van der Waals surface area contributed by atoms with Crippen LogP contribution in [0.25, 0.3) is 10.9 Å². The highest BCUT2D eigenvalue weighted by atomic mass is 16.5. The predicted molar refractivity (Wildman–Crippen MR) is 107 cm³/mol. The van der Waals surface area contributed by atoms with Crippen LogP contribution in [0, 0.1) is 0 Å². The van der Waals surface area contributed by atoms with Gasteiger partial charge < -0.3 is 24.8 Å². The lowest BCUT2D eigenvalue weighted by Crippen LogP contribution is -2.47. The van der Waals surface area contributed by atoms with Gasteiger partial charge in [0.1, 0.15) is 11.3 Å². The van der Waals surface area contributed by atoms with E-state index in [0.29, 0.717) is 39.9 Å². The van der Waals surface area contributed by atoms with Crippen molar-refractivity contribution in [1.29, 1.82) is 0 Å². The van der Waals surface area contributed by atoms with E-state index >= 15 is 0 Å². The molecule has 27 heavy (non-hydrogen) atoms. The van der Waals surface area contributed by atoms with Crippen molar-refractivity contribution in [3.8, 4) is 17.2 Å². The lowest BCUT2D eigenvalue weighted by Gasteiger charge is -2.35. The fourth-order valence-electron chi connectivity index (χ4n) is 3.37. The summed E-state index contributed by atoms with van der Waals surface area (Å²) in [5, 5.41) is 0.675. The second-order valence-corrected chi connectivity index (χ2v) is 6.67. The van der Waals surface area contributed by atoms with Crippen LogP contribution in [0.3, 0.4) is 0 Å². The summed E-state index contributed by atoms with van der Waals surface area (Å²) in [4.78, 5) is 13.8. The third kappa shape index (κ3) is 3.71. The summed E-state index contributed by atoms with van der Waals surface area (Å²) in [5.41, 5.74) is 8.02. The molecule has 2 aromatic rings. The maximum atomic E-state index is 6.24. The zero-order valence-electron chi connectivity index (χ0n) is 16.4. The Morgan fingerprint density at radius 1 is 1.07 bits per heavy atom. The molecule has 0 spiro atoms. The van der Waals surface area contributed by atoms with Crippen molar-refractivity contribution < 1.29 is 14.2 Å². The van der Waals surface area contributed by atoms with Gasteiger partial charge in [0.2, 0.25) is 11.7 Å². The minimum absolute atomic E-state index is 0.388. The number of rotatable bonds is 6. The molecule has 0 radical (unpaired) electrons. The first kappa shape index (κ1) is 19.0. The smallest absolute Gasteiger partial charge is 0.228 e. The number of fused-ring (bicyclic) bond motifs is 1. The van der Waals surface area contributed by atoms with Crippen LogP contribution in [-0.2, 0) is 0 Å². The first-order valence-corrected chi connectivity index (χ1v) is 8.86. The predicted octanol–water partition coefficient (Wildman–Crippen LogP) is 1.94. The summed E-state index contributed by atoms with van der Waals surface area (Å²) in [6, 6.07) is 1.78. The van der Waals surface area contributed by atoms with Gasteiger partial charge in [-0.25, -0.2) is 4.98 Å². The Morgan fingerprint density at radius 2 is 1.74 bits per heavy atom. The monoisotopic (exact) mass is 373 g/mol. The van der Waals surface area contributed by atoms with Gasteiger partial charge in [0, 0.05) is 32.7 Å². The number of aromatic nitrogens is 2. The third-order valence-corrected chi connectivity index (χ3v) is 4.66. The van der Waals surface area contributed by atoms with Crippen LogP contribution >= 0.6 is 0 Å². The molecule has 0 amide bonds. The van der Waals surface area contributed by atoms with Gasteiger partial charge >= 0.3 is 0 Å². The molecule has 1 aromatic heterocycles. The second kappa shape index (κ2) is 7.87. The van der Waals surface area contributed by atoms with E-state index in [2.05, 4.69) is 21.4 Å².